The lowest BCUT2D eigenvalue weighted by molar-refractivity contribution is -0.137. The Morgan fingerprint density at radius 3 is 2.72 bits per heavy atom. The van der Waals surface area contributed by atoms with E-state index in [1.807, 2.05) is 0 Å². The third kappa shape index (κ3) is 4.44. The fourth-order valence-electron chi connectivity index (χ4n) is 3.94. The molecule has 0 spiro atoms. The van der Waals surface area contributed by atoms with E-state index in [4.69, 9.17) is 25.5 Å². The lowest BCUT2D eigenvalue weighted by Gasteiger charge is -2.37. The topological polar surface area (TPSA) is 101 Å². The number of carbonyl (C=O) groups excluding carboxylic acids is 3. The van der Waals surface area contributed by atoms with E-state index in [-0.39, 0.29) is 36.0 Å². The Kier molecular flexibility index (Phi) is 6.81. The van der Waals surface area contributed by atoms with Gasteiger partial charge >= 0.3 is 0 Å². The van der Waals surface area contributed by atoms with Gasteiger partial charge in [-0.1, -0.05) is 17.7 Å². The number of hydrogen-bond acceptors (Lipinski definition) is 6. The molecule has 11 heteroatoms. The van der Waals surface area contributed by atoms with E-state index < -0.39 is 35.6 Å². The van der Waals surface area contributed by atoms with Gasteiger partial charge in [0.05, 0.1) is 12.5 Å². The average Bonchev–Trinajstić information content (AvgIpc) is 3.16. The number of benzene rings is 2. The fraction of sp³-hybridized carbons (Fsp3) is 0.320. The van der Waals surface area contributed by atoms with Crippen LogP contribution >= 0.6 is 11.6 Å². The number of halogens is 2. The molecular formula is C25H25ClFN3O6. The summed E-state index contributed by atoms with van der Waals surface area (Å²) in [5, 5.41) is 3.53. The number of nitrogens with one attached hydrogen (secondary N) is 1. The number of likely N-dealkylation sites (N-methyl/N-ethyl adjacent to an activating group) is 1. The molecule has 0 fully saturated rings. The number of ether oxygens (including phenoxy) is 2. The van der Waals surface area contributed by atoms with Gasteiger partial charge in [-0.25, -0.2) is 4.39 Å². The molecule has 1 aromatic heterocycles. The van der Waals surface area contributed by atoms with E-state index in [2.05, 4.69) is 5.32 Å². The van der Waals surface area contributed by atoms with Crippen LogP contribution in [-0.2, 0) is 16.1 Å². The molecule has 0 saturated heterocycles. The highest BCUT2D eigenvalue weighted by Gasteiger charge is 2.48. The molecule has 0 unspecified atom stereocenters. The summed E-state index contributed by atoms with van der Waals surface area (Å²) in [6, 6.07) is 9.12. The van der Waals surface area contributed by atoms with Crippen LogP contribution in [0.15, 0.2) is 40.8 Å². The second-order valence-corrected chi connectivity index (χ2v) is 9.18. The van der Waals surface area contributed by atoms with E-state index in [0.717, 1.165) is 4.90 Å². The van der Waals surface area contributed by atoms with Crippen molar-refractivity contribution in [1.82, 2.24) is 15.1 Å². The molecule has 3 amide bonds. The molecule has 0 radical (unpaired) electrons. The number of nitrogens with zero attached hydrogens (tertiary/aromatic N) is 2. The molecule has 2 aromatic carbocycles. The molecule has 190 valence electrons. The molecular weight excluding hydrogens is 493 g/mol. The fourth-order valence-corrected chi connectivity index (χ4v) is 4.11. The second-order valence-electron chi connectivity index (χ2n) is 8.75. The summed E-state index contributed by atoms with van der Waals surface area (Å²) in [6.45, 7) is 0.548. The number of amides is 3. The van der Waals surface area contributed by atoms with Crippen LogP contribution < -0.4 is 14.8 Å². The van der Waals surface area contributed by atoms with Gasteiger partial charge in [0, 0.05) is 31.2 Å². The van der Waals surface area contributed by atoms with Crippen molar-refractivity contribution in [3.8, 4) is 11.5 Å². The zero-order valence-electron chi connectivity index (χ0n) is 20.2. The lowest BCUT2D eigenvalue weighted by Crippen LogP contribution is -2.62. The Balaban J connectivity index is 1.71. The van der Waals surface area contributed by atoms with Crippen LogP contribution in [0.1, 0.15) is 23.0 Å². The number of fused-ring (bicyclic) bond motifs is 3. The first-order chi connectivity index (χ1) is 17.1. The maximum atomic E-state index is 14.4. The van der Waals surface area contributed by atoms with Crippen LogP contribution in [-0.4, -0.2) is 67.4 Å². The summed E-state index contributed by atoms with van der Waals surface area (Å²) in [5.41, 5.74) is -1.13. The monoisotopic (exact) mass is 517 g/mol. The zero-order chi connectivity index (χ0) is 26.2. The first-order valence-electron chi connectivity index (χ1n) is 11.0. The highest BCUT2D eigenvalue weighted by Crippen LogP contribution is 2.39. The molecule has 0 bridgehead atoms. The molecule has 0 saturated carbocycles. The minimum absolute atomic E-state index is 0.132. The van der Waals surface area contributed by atoms with Crippen LogP contribution in [0.4, 0.5) is 4.39 Å². The van der Waals surface area contributed by atoms with Gasteiger partial charge in [-0.15, -0.1) is 0 Å². The van der Waals surface area contributed by atoms with E-state index in [1.165, 1.54) is 45.2 Å². The highest BCUT2D eigenvalue weighted by molar-refractivity contribution is 6.31. The molecule has 0 aliphatic carbocycles. The van der Waals surface area contributed by atoms with Crippen molar-refractivity contribution in [2.24, 2.45) is 0 Å². The Hall–Kier alpha value is -3.79. The average molecular weight is 518 g/mol. The third-order valence-electron chi connectivity index (χ3n) is 6.14. The van der Waals surface area contributed by atoms with Gasteiger partial charge in [-0.2, -0.15) is 0 Å². The van der Waals surface area contributed by atoms with E-state index in [0.29, 0.717) is 16.0 Å². The maximum absolute atomic E-state index is 14.4. The zero-order valence-corrected chi connectivity index (χ0v) is 20.9. The molecule has 1 aliphatic rings. The SMILES string of the molecule is COc1cccc(F)c1CNC(=O)[C@@]1(C)COc2c(oc3ccc(Cl)cc23)C(=O)N1CC(=O)N(C)C. The third-order valence-corrected chi connectivity index (χ3v) is 6.38. The van der Waals surface area contributed by atoms with Crippen molar-refractivity contribution < 1.29 is 32.7 Å². The summed E-state index contributed by atoms with van der Waals surface area (Å²) < 4.78 is 31.3. The molecule has 1 atom stereocenters. The maximum Gasteiger partial charge on any atom is 0.295 e. The van der Waals surface area contributed by atoms with Gasteiger partial charge in [0.25, 0.3) is 5.91 Å². The van der Waals surface area contributed by atoms with Crippen molar-refractivity contribution in [2.75, 3.05) is 34.4 Å². The van der Waals surface area contributed by atoms with Crippen LogP contribution in [0, 0.1) is 5.82 Å². The molecule has 4 rings (SSSR count). The van der Waals surface area contributed by atoms with Crippen molar-refractivity contribution in [1.29, 1.82) is 0 Å². The summed E-state index contributed by atoms with van der Waals surface area (Å²) in [4.78, 5) is 42.3. The number of furan rings is 1. The molecule has 1 N–H and O–H groups in total. The standard InChI is InChI=1S/C25H25ClFN3O6/c1-25(24(33)28-11-16-17(27)6-5-7-18(16)34-4)13-35-21-15-10-14(26)8-9-19(15)36-22(21)23(32)30(25)12-20(31)29(2)3/h5-10H,11-13H2,1-4H3,(H,28,33)/t25-/m1/s1. The predicted molar refractivity (Wildman–Crippen MR) is 130 cm³/mol. The Morgan fingerprint density at radius 1 is 1.28 bits per heavy atom. The normalized spacial score (nSPS) is 17.3. The molecule has 9 nitrogen and oxygen atoms in total. The Bertz CT molecular complexity index is 1360. The van der Waals surface area contributed by atoms with Gasteiger partial charge in [-0.05, 0) is 37.3 Å². The summed E-state index contributed by atoms with van der Waals surface area (Å²) in [5.74, 6) is -2.09. The van der Waals surface area contributed by atoms with E-state index >= 15 is 0 Å². The first kappa shape index (κ1) is 25.3. The number of rotatable bonds is 6. The van der Waals surface area contributed by atoms with Crippen LogP contribution in [0.3, 0.4) is 0 Å². The summed E-state index contributed by atoms with van der Waals surface area (Å²) in [6.07, 6.45) is 0. The van der Waals surface area contributed by atoms with E-state index in [9.17, 15) is 18.8 Å². The van der Waals surface area contributed by atoms with Crippen molar-refractivity contribution in [3.05, 3.63) is 58.6 Å². The largest absolute Gasteiger partial charge is 0.496 e. The smallest absolute Gasteiger partial charge is 0.295 e. The second kappa shape index (κ2) is 9.69. The molecule has 3 aromatic rings. The lowest BCUT2D eigenvalue weighted by atomic mass is 9.98. The number of methoxy groups -OCH3 is 1. The van der Waals surface area contributed by atoms with Gasteiger partial charge in [-0.3, -0.25) is 14.4 Å². The Morgan fingerprint density at radius 2 is 2.03 bits per heavy atom. The molecule has 2 heterocycles. The van der Waals surface area contributed by atoms with Gasteiger partial charge in [0.1, 0.15) is 30.3 Å². The minimum atomic E-state index is -1.65. The predicted octanol–water partition coefficient (Wildman–Crippen LogP) is 3.23. The first-order valence-corrected chi connectivity index (χ1v) is 11.4. The quantitative estimate of drug-likeness (QED) is 0.539. The summed E-state index contributed by atoms with van der Waals surface area (Å²) in [7, 11) is 4.47. The highest BCUT2D eigenvalue weighted by atomic mass is 35.5. The van der Waals surface area contributed by atoms with Gasteiger partial charge < -0.3 is 29.0 Å². The summed E-state index contributed by atoms with van der Waals surface area (Å²) >= 11 is 6.12. The van der Waals surface area contributed by atoms with Crippen LogP contribution in [0.5, 0.6) is 11.5 Å². The van der Waals surface area contributed by atoms with Crippen molar-refractivity contribution in [3.63, 3.8) is 0 Å². The van der Waals surface area contributed by atoms with Crippen LogP contribution in [0.2, 0.25) is 5.02 Å². The molecule has 1 aliphatic heterocycles. The minimum Gasteiger partial charge on any atom is -0.496 e. The molecule has 36 heavy (non-hydrogen) atoms. The van der Waals surface area contributed by atoms with Crippen LogP contribution in [0.25, 0.3) is 11.0 Å². The van der Waals surface area contributed by atoms with Gasteiger partial charge in [0.2, 0.25) is 17.6 Å². The number of hydrogen-bond donors (Lipinski definition) is 1. The Labute approximate surface area is 211 Å². The van der Waals surface area contributed by atoms with Crippen molar-refractivity contribution >= 4 is 40.3 Å². The van der Waals surface area contributed by atoms with Crippen molar-refractivity contribution in [2.45, 2.75) is 19.0 Å². The van der Waals surface area contributed by atoms with E-state index in [1.54, 1.807) is 24.3 Å². The number of carbonyl (C=O) groups is 3. The van der Waals surface area contributed by atoms with Gasteiger partial charge in [0.15, 0.2) is 11.3 Å².